The Morgan fingerprint density at radius 1 is 1.45 bits per heavy atom. The minimum atomic E-state index is -0.145. The number of nitrogens with one attached hydrogen (secondary N) is 3. The molecule has 0 spiro atoms. The van der Waals surface area contributed by atoms with Crippen LogP contribution in [0.25, 0.3) is 0 Å². The number of benzene rings is 1. The fourth-order valence-electron chi connectivity index (χ4n) is 1.94. The van der Waals surface area contributed by atoms with E-state index in [1.165, 1.54) is 0 Å². The molecule has 1 aromatic carbocycles. The second-order valence-electron chi connectivity index (χ2n) is 4.77. The third kappa shape index (κ3) is 5.35. The van der Waals surface area contributed by atoms with Crippen molar-refractivity contribution in [1.82, 2.24) is 10.6 Å². The molecule has 3 N–H and O–H groups in total. The highest BCUT2D eigenvalue weighted by Gasteiger charge is 2.21. The van der Waals surface area contributed by atoms with Crippen LogP contribution in [0, 0.1) is 6.92 Å². The van der Waals surface area contributed by atoms with Crippen molar-refractivity contribution in [2.24, 2.45) is 0 Å². The van der Waals surface area contributed by atoms with Gasteiger partial charge in [-0.05, 0) is 24.6 Å². The van der Waals surface area contributed by atoms with Crippen molar-refractivity contribution in [2.75, 3.05) is 23.5 Å². The van der Waals surface area contributed by atoms with Crippen molar-refractivity contribution in [3.8, 4) is 0 Å². The normalized spacial score (nSPS) is 16.7. The minimum Gasteiger partial charge on any atom is -0.354 e. The molecule has 1 aromatic rings. The van der Waals surface area contributed by atoms with Crippen LogP contribution in [0.1, 0.15) is 12.0 Å². The van der Waals surface area contributed by atoms with E-state index in [1.54, 1.807) is 30.0 Å². The summed E-state index contributed by atoms with van der Waals surface area (Å²) in [4.78, 5) is 23.6. The van der Waals surface area contributed by atoms with Gasteiger partial charge in [-0.1, -0.05) is 17.7 Å². The summed E-state index contributed by atoms with van der Waals surface area (Å²) < 4.78 is 0. The van der Waals surface area contributed by atoms with Gasteiger partial charge in [0.2, 0.25) is 11.8 Å². The molecule has 0 saturated carbocycles. The Morgan fingerprint density at radius 3 is 2.91 bits per heavy atom. The van der Waals surface area contributed by atoms with Crippen LogP contribution in [0.4, 0.5) is 5.69 Å². The summed E-state index contributed by atoms with van der Waals surface area (Å²) in [5.41, 5.74) is 1.54. The molecule has 1 atom stereocenters. The molecule has 1 saturated heterocycles. The molecule has 22 heavy (non-hydrogen) atoms. The number of rotatable bonds is 5. The highest BCUT2D eigenvalue weighted by atomic mass is 35.5. The first-order chi connectivity index (χ1) is 10.1. The number of halogens is 2. The smallest absolute Gasteiger partial charge is 0.238 e. The summed E-state index contributed by atoms with van der Waals surface area (Å²) in [6.07, 6.45) is 0.234. The Balaban J connectivity index is 0.00000242. The van der Waals surface area contributed by atoms with Crippen LogP contribution >= 0.6 is 35.8 Å². The van der Waals surface area contributed by atoms with Crippen LogP contribution in [-0.2, 0) is 9.59 Å². The molecule has 1 heterocycles. The van der Waals surface area contributed by atoms with Crippen molar-refractivity contribution in [1.29, 1.82) is 0 Å². The number of anilines is 1. The van der Waals surface area contributed by atoms with Gasteiger partial charge >= 0.3 is 0 Å². The SMILES string of the molecule is Cc1c(Cl)cccc1NC(=O)CCNC(=O)C1CSCN1.Cl. The van der Waals surface area contributed by atoms with Crippen molar-refractivity contribution in [3.63, 3.8) is 0 Å². The van der Waals surface area contributed by atoms with E-state index in [-0.39, 0.29) is 36.7 Å². The lowest BCUT2D eigenvalue weighted by molar-refractivity contribution is -0.122. The molecule has 1 unspecified atom stereocenters. The Labute approximate surface area is 145 Å². The van der Waals surface area contributed by atoms with Crippen LogP contribution in [-0.4, -0.2) is 36.0 Å². The molecule has 0 bridgehead atoms. The molecule has 8 heteroatoms. The van der Waals surface area contributed by atoms with Gasteiger partial charge in [-0.3, -0.25) is 14.9 Å². The third-order valence-corrected chi connectivity index (χ3v) is 4.58. The lowest BCUT2D eigenvalue weighted by atomic mass is 10.2. The maximum atomic E-state index is 11.9. The van der Waals surface area contributed by atoms with Crippen LogP contribution in [0.15, 0.2) is 18.2 Å². The van der Waals surface area contributed by atoms with E-state index < -0.39 is 0 Å². The molecule has 0 radical (unpaired) electrons. The van der Waals surface area contributed by atoms with Gasteiger partial charge in [0.25, 0.3) is 0 Å². The molecule has 5 nitrogen and oxygen atoms in total. The molecule has 1 aliphatic rings. The molecule has 2 amide bonds. The predicted molar refractivity (Wildman–Crippen MR) is 93.9 cm³/mol. The van der Waals surface area contributed by atoms with Gasteiger partial charge in [0.05, 0.1) is 6.04 Å². The third-order valence-electron chi connectivity index (χ3n) is 3.23. The zero-order valence-corrected chi connectivity index (χ0v) is 14.5. The standard InChI is InChI=1S/C14H18ClN3O2S.ClH/c1-9-10(15)3-2-4-11(9)18-13(19)5-6-16-14(20)12-7-21-8-17-12;/h2-4,12,17H,5-8H2,1H3,(H,16,20)(H,18,19);1H. The zero-order valence-electron chi connectivity index (χ0n) is 12.1. The zero-order chi connectivity index (χ0) is 15.2. The summed E-state index contributed by atoms with van der Waals surface area (Å²) in [6, 6.07) is 5.22. The van der Waals surface area contributed by atoms with Gasteiger partial charge in [0.15, 0.2) is 0 Å². The highest BCUT2D eigenvalue weighted by Crippen LogP contribution is 2.22. The van der Waals surface area contributed by atoms with Crippen molar-refractivity contribution >= 4 is 53.3 Å². The van der Waals surface area contributed by atoms with Crippen molar-refractivity contribution in [3.05, 3.63) is 28.8 Å². The number of carbonyl (C=O) groups excluding carboxylic acids is 2. The number of amides is 2. The van der Waals surface area contributed by atoms with Crippen LogP contribution in [0.2, 0.25) is 5.02 Å². The monoisotopic (exact) mass is 363 g/mol. The van der Waals surface area contributed by atoms with E-state index in [0.29, 0.717) is 17.3 Å². The highest BCUT2D eigenvalue weighted by molar-refractivity contribution is 7.99. The summed E-state index contributed by atoms with van der Waals surface area (Å²) in [5.74, 6) is 1.38. The van der Waals surface area contributed by atoms with Crippen molar-refractivity contribution in [2.45, 2.75) is 19.4 Å². The molecule has 0 aromatic heterocycles. The van der Waals surface area contributed by atoms with Gasteiger partial charge in [0.1, 0.15) is 0 Å². The number of hydrogen-bond donors (Lipinski definition) is 3. The van der Waals surface area contributed by atoms with E-state index in [2.05, 4.69) is 16.0 Å². The average molecular weight is 364 g/mol. The number of carbonyl (C=O) groups is 2. The van der Waals surface area contributed by atoms with Gasteiger partial charge in [-0.25, -0.2) is 0 Å². The van der Waals surface area contributed by atoms with Crippen LogP contribution in [0.3, 0.4) is 0 Å². The minimum absolute atomic E-state index is 0. The van der Waals surface area contributed by atoms with Gasteiger partial charge in [-0.2, -0.15) is 0 Å². The first-order valence-corrected chi connectivity index (χ1v) is 8.25. The Hall–Kier alpha value is -0.950. The number of thioether (sulfide) groups is 1. The molecule has 2 rings (SSSR count). The second kappa shape index (κ2) is 9.25. The topological polar surface area (TPSA) is 70.2 Å². The quantitative estimate of drug-likeness (QED) is 0.749. The van der Waals surface area contributed by atoms with Gasteiger partial charge in [-0.15, -0.1) is 24.2 Å². The molecular weight excluding hydrogens is 345 g/mol. The van der Waals surface area contributed by atoms with Gasteiger partial charge < -0.3 is 10.6 Å². The summed E-state index contributed by atoms with van der Waals surface area (Å²) in [6.45, 7) is 2.18. The van der Waals surface area contributed by atoms with Crippen LogP contribution in [0.5, 0.6) is 0 Å². The molecule has 0 aliphatic carbocycles. The molecule has 1 aliphatic heterocycles. The van der Waals surface area contributed by atoms with E-state index in [4.69, 9.17) is 11.6 Å². The lowest BCUT2D eigenvalue weighted by Gasteiger charge is -2.11. The summed E-state index contributed by atoms with van der Waals surface area (Å²) in [7, 11) is 0. The molecule has 1 fully saturated rings. The number of hydrogen-bond acceptors (Lipinski definition) is 4. The first-order valence-electron chi connectivity index (χ1n) is 6.71. The van der Waals surface area contributed by atoms with Gasteiger partial charge in [0, 0.05) is 35.3 Å². The summed E-state index contributed by atoms with van der Waals surface area (Å²) >= 11 is 7.69. The first kappa shape index (κ1) is 19.1. The predicted octanol–water partition coefficient (Wildman–Crippen LogP) is 2.18. The Morgan fingerprint density at radius 2 is 2.23 bits per heavy atom. The van der Waals surface area contributed by atoms with E-state index in [0.717, 1.165) is 17.2 Å². The fourth-order valence-corrected chi connectivity index (χ4v) is 3.06. The second-order valence-corrected chi connectivity index (χ2v) is 6.21. The van der Waals surface area contributed by atoms with E-state index >= 15 is 0 Å². The van der Waals surface area contributed by atoms with Crippen LogP contribution < -0.4 is 16.0 Å². The van der Waals surface area contributed by atoms with E-state index in [1.807, 2.05) is 6.92 Å². The maximum Gasteiger partial charge on any atom is 0.238 e. The molecule has 122 valence electrons. The molecular formula is C14H19Cl2N3O2S. The lowest BCUT2D eigenvalue weighted by Crippen LogP contribution is -2.42. The Kier molecular flexibility index (Phi) is 8.03. The Bertz CT molecular complexity index is 537. The summed E-state index contributed by atoms with van der Waals surface area (Å²) in [5, 5.41) is 9.27. The largest absolute Gasteiger partial charge is 0.354 e. The average Bonchev–Trinajstić information content (AvgIpc) is 2.98. The maximum absolute atomic E-state index is 11.9. The van der Waals surface area contributed by atoms with E-state index in [9.17, 15) is 9.59 Å². The van der Waals surface area contributed by atoms with Crippen molar-refractivity contribution < 1.29 is 9.59 Å². The fraction of sp³-hybridized carbons (Fsp3) is 0.429.